The Morgan fingerprint density at radius 3 is 2.60 bits per heavy atom. The second kappa shape index (κ2) is 4.23. The predicted molar refractivity (Wildman–Crippen MR) is 61.7 cm³/mol. The van der Waals surface area contributed by atoms with E-state index in [0.29, 0.717) is 5.75 Å². The van der Waals surface area contributed by atoms with Gasteiger partial charge in [-0.15, -0.1) is 0 Å². The number of rotatable bonds is 2. The van der Waals surface area contributed by atoms with Crippen LogP contribution in [0.4, 0.5) is 5.69 Å². The molecule has 1 aromatic carbocycles. The fourth-order valence-corrected chi connectivity index (χ4v) is 3.54. The van der Waals surface area contributed by atoms with Crippen LogP contribution < -0.4 is 5.32 Å². The zero-order chi connectivity index (χ0) is 10.7. The van der Waals surface area contributed by atoms with E-state index in [-0.39, 0.29) is 11.8 Å². The van der Waals surface area contributed by atoms with Crippen LogP contribution in [0.1, 0.15) is 12.8 Å². The van der Waals surface area contributed by atoms with Crippen molar-refractivity contribution in [2.75, 3.05) is 16.8 Å². The highest BCUT2D eigenvalue weighted by Gasteiger charge is 2.24. The Morgan fingerprint density at radius 2 is 1.93 bits per heavy atom. The van der Waals surface area contributed by atoms with Gasteiger partial charge in [0, 0.05) is 11.7 Å². The van der Waals surface area contributed by atoms with Crippen molar-refractivity contribution >= 4 is 15.5 Å². The number of benzene rings is 1. The molecule has 2 rings (SSSR count). The summed E-state index contributed by atoms with van der Waals surface area (Å²) in [4.78, 5) is 0. The van der Waals surface area contributed by atoms with Crippen LogP contribution in [0.3, 0.4) is 0 Å². The Labute approximate surface area is 90.4 Å². The monoisotopic (exact) mass is 225 g/mol. The molecule has 4 heteroatoms. The topological polar surface area (TPSA) is 46.2 Å². The average Bonchev–Trinajstić information content (AvgIpc) is 2.17. The van der Waals surface area contributed by atoms with E-state index in [1.807, 2.05) is 30.3 Å². The lowest BCUT2D eigenvalue weighted by Gasteiger charge is -2.23. The van der Waals surface area contributed by atoms with E-state index in [0.717, 1.165) is 18.5 Å². The van der Waals surface area contributed by atoms with Crippen LogP contribution in [0.25, 0.3) is 0 Å². The van der Waals surface area contributed by atoms with E-state index >= 15 is 0 Å². The molecule has 3 nitrogen and oxygen atoms in total. The largest absolute Gasteiger partial charge is 0.381 e. The maximum atomic E-state index is 11.4. The zero-order valence-electron chi connectivity index (χ0n) is 8.52. The Balaban J connectivity index is 2.01. The number of sulfone groups is 1. The van der Waals surface area contributed by atoms with Crippen LogP contribution in [0.2, 0.25) is 0 Å². The first kappa shape index (κ1) is 10.5. The van der Waals surface area contributed by atoms with E-state index in [2.05, 4.69) is 5.32 Å². The molecule has 0 radical (unpaired) electrons. The summed E-state index contributed by atoms with van der Waals surface area (Å²) in [5.41, 5.74) is 1.000. The van der Waals surface area contributed by atoms with Crippen molar-refractivity contribution in [1.29, 1.82) is 0 Å². The van der Waals surface area contributed by atoms with Crippen molar-refractivity contribution in [2.24, 2.45) is 0 Å². The van der Waals surface area contributed by atoms with Gasteiger partial charge in [0.25, 0.3) is 0 Å². The molecule has 15 heavy (non-hydrogen) atoms. The van der Waals surface area contributed by atoms with E-state index in [9.17, 15) is 8.42 Å². The van der Waals surface area contributed by atoms with Crippen LogP contribution >= 0.6 is 0 Å². The third kappa shape index (κ3) is 2.96. The molecular weight excluding hydrogens is 210 g/mol. The molecule has 0 amide bonds. The van der Waals surface area contributed by atoms with E-state index < -0.39 is 9.84 Å². The minimum Gasteiger partial charge on any atom is -0.381 e. The average molecular weight is 225 g/mol. The Morgan fingerprint density at radius 1 is 1.20 bits per heavy atom. The number of para-hydroxylation sites is 1. The molecule has 1 atom stereocenters. The lowest BCUT2D eigenvalue weighted by Crippen LogP contribution is -2.34. The van der Waals surface area contributed by atoms with Crippen molar-refractivity contribution in [3.63, 3.8) is 0 Å². The highest BCUT2D eigenvalue weighted by atomic mass is 32.2. The molecule has 1 aromatic rings. The molecule has 1 fully saturated rings. The van der Waals surface area contributed by atoms with Gasteiger partial charge >= 0.3 is 0 Å². The normalized spacial score (nSPS) is 24.7. The number of anilines is 1. The molecule has 0 saturated carbocycles. The lowest BCUT2D eigenvalue weighted by molar-refractivity contribution is 0.562. The van der Waals surface area contributed by atoms with Gasteiger partial charge in [0.1, 0.15) is 0 Å². The van der Waals surface area contributed by atoms with Crippen LogP contribution in [0, 0.1) is 0 Å². The minimum atomic E-state index is -2.81. The van der Waals surface area contributed by atoms with Crippen LogP contribution in [-0.4, -0.2) is 26.0 Å². The highest BCUT2D eigenvalue weighted by Crippen LogP contribution is 2.16. The number of nitrogens with one attached hydrogen (secondary N) is 1. The van der Waals surface area contributed by atoms with E-state index in [4.69, 9.17) is 0 Å². The van der Waals surface area contributed by atoms with E-state index in [1.165, 1.54) is 0 Å². The summed E-state index contributed by atoms with van der Waals surface area (Å²) in [6.07, 6.45) is 1.71. The fourth-order valence-electron chi connectivity index (χ4n) is 1.91. The van der Waals surface area contributed by atoms with Crippen molar-refractivity contribution < 1.29 is 8.42 Å². The molecule has 0 aromatic heterocycles. The first-order valence-electron chi connectivity index (χ1n) is 5.18. The van der Waals surface area contributed by atoms with Gasteiger partial charge in [0.15, 0.2) is 9.84 Å². The summed E-state index contributed by atoms with van der Waals surface area (Å²) >= 11 is 0. The molecule has 1 heterocycles. The summed E-state index contributed by atoms with van der Waals surface area (Å²) in [7, 11) is -2.81. The first-order chi connectivity index (χ1) is 7.16. The predicted octanol–water partition coefficient (Wildman–Crippen LogP) is 1.68. The highest BCUT2D eigenvalue weighted by molar-refractivity contribution is 7.91. The molecule has 0 bridgehead atoms. The summed E-state index contributed by atoms with van der Waals surface area (Å²) in [5, 5.41) is 3.26. The molecule has 1 unspecified atom stereocenters. The van der Waals surface area contributed by atoms with Crippen LogP contribution in [0.5, 0.6) is 0 Å². The third-order valence-electron chi connectivity index (χ3n) is 2.61. The quantitative estimate of drug-likeness (QED) is 0.833. The number of hydrogen-bond acceptors (Lipinski definition) is 3. The Bertz CT molecular complexity index is 413. The molecule has 1 N–H and O–H groups in total. The van der Waals surface area contributed by atoms with Crippen molar-refractivity contribution in [3.8, 4) is 0 Å². The van der Waals surface area contributed by atoms with Gasteiger partial charge in [0.2, 0.25) is 0 Å². The molecule has 0 spiro atoms. The van der Waals surface area contributed by atoms with Gasteiger partial charge in [0.05, 0.1) is 11.5 Å². The maximum absolute atomic E-state index is 11.4. The molecule has 1 saturated heterocycles. The third-order valence-corrected chi connectivity index (χ3v) is 4.43. The first-order valence-corrected chi connectivity index (χ1v) is 7.00. The summed E-state index contributed by atoms with van der Waals surface area (Å²) < 4.78 is 22.8. The van der Waals surface area contributed by atoms with Gasteiger partial charge < -0.3 is 5.32 Å². The molecule has 1 aliphatic rings. The Kier molecular flexibility index (Phi) is 2.95. The lowest BCUT2D eigenvalue weighted by atomic mass is 10.2. The van der Waals surface area contributed by atoms with Gasteiger partial charge in [-0.25, -0.2) is 8.42 Å². The van der Waals surface area contributed by atoms with Crippen LogP contribution in [0.15, 0.2) is 30.3 Å². The summed E-state index contributed by atoms with van der Waals surface area (Å²) in [6, 6.07) is 9.83. The summed E-state index contributed by atoms with van der Waals surface area (Å²) in [5.74, 6) is 0.613. The minimum absolute atomic E-state index is 0.0751. The summed E-state index contributed by atoms with van der Waals surface area (Å²) in [6.45, 7) is 0. The zero-order valence-corrected chi connectivity index (χ0v) is 9.33. The van der Waals surface area contributed by atoms with Crippen molar-refractivity contribution in [1.82, 2.24) is 0 Å². The molecular formula is C11H15NO2S. The fraction of sp³-hybridized carbons (Fsp3) is 0.455. The van der Waals surface area contributed by atoms with Gasteiger partial charge in [-0.3, -0.25) is 0 Å². The maximum Gasteiger partial charge on any atom is 0.152 e. The molecule has 0 aliphatic carbocycles. The van der Waals surface area contributed by atoms with E-state index in [1.54, 1.807) is 0 Å². The van der Waals surface area contributed by atoms with Crippen LogP contribution in [-0.2, 0) is 9.84 Å². The molecule has 82 valence electrons. The van der Waals surface area contributed by atoms with Gasteiger partial charge in [-0.2, -0.15) is 0 Å². The number of hydrogen-bond donors (Lipinski definition) is 1. The SMILES string of the molecule is O=S1(=O)CCCC(Nc2ccccc2)C1. The van der Waals surface area contributed by atoms with Crippen molar-refractivity contribution in [2.45, 2.75) is 18.9 Å². The second-order valence-electron chi connectivity index (χ2n) is 3.96. The van der Waals surface area contributed by atoms with Gasteiger partial charge in [-0.05, 0) is 25.0 Å². The Hall–Kier alpha value is -1.03. The molecule has 1 aliphatic heterocycles. The van der Waals surface area contributed by atoms with Crippen molar-refractivity contribution in [3.05, 3.63) is 30.3 Å². The standard InChI is InChI=1S/C11H15NO2S/c13-15(14)8-4-7-11(9-15)12-10-5-2-1-3-6-10/h1-3,5-6,11-12H,4,7-9H2. The smallest absolute Gasteiger partial charge is 0.152 e. The van der Waals surface area contributed by atoms with Gasteiger partial charge in [-0.1, -0.05) is 18.2 Å². The second-order valence-corrected chi connectivity index (χ2v) is 6.19.